The minimum Gasteiger partial charge on any atom is -0.497 e. The smallest absolute Gasteiger partial charge is 0.187 e. The van der Waals surface area contributed by atoms with E-state index in [0.29, 0.717) is 11.7 Å². The summed E-state index contributed by atoms with van der Waals surface area (Å²) in [4.78, 5) is 3.52. The van der Waals surface area contributed by atoms with E-state index in [9.17, 15) is 0 Å². The zero-order chi connectivity index (χ0) is 15.7. The van der Waals surface area contributed by atoms with Crippen LogP contribution in [0.3, 0.4) is 0 Å². The first kappa shape index (κ1) is 14.2. The maximum Gasteiger partial charge on any atom is 0.187 e. The molecule has 0 bridgehead atoms. The van der Waals surface area contributed by atoms with Crippen LogP contribution < -0.4 is 4.74 Å². The van der Waals surface area contributed by atoms with Crippen LogP contribution in [0, 0.1) is 6.57 Å². The van der Waals surface area contributed by atoms with E-state index >= 15 is 0 Å². The lowest BCUT2D eigenvalue weighted by Crippen LogP contribution is -2.02. The molecule has 0 saturated carbocycles. The van der Waals surface area contributed by atoms with Gasteiger partial charge in [-0.25, -0.2) is 4.85 Å². The molecule has 0 amide bonds. The van der Waals surface area contributed by atoms with E-state index < -0.39 is 0 Å². The molecule has 0 N–H and O–H groups in total. The Hall–Kier alpha value is -2.73. The standard InChI is InChI=1S/C19H18N2O/c1-13(2)21-18-10-7-16(20-3)11-15(18)12-19(21)14-5-8-17(22-4)9-6-14/h5-13H,1-2,4H3. The minimum atomic E-state index is 0.341. The Kier molecular flexibility index (Phi) is 3.60. The van der Waals surface area contributed by atoms with Gasteiger partial charge in [0, 0.05) is 17.3 Å². The molecular weight excluding hydrogens is 272 g/mol. The van der Waals surface area contributed by atoms with Crippen LogP contribution in [0.5, 0.6) is 5.75 Å². The fraction of sp³-hybridized carbons (Fsp3) is 0.211. The highest BCUT2D eigenvalue weighted by atomic mass is 16.5. The topological polar surface area (TPSA) is 18.5 Å². The average molecular weight is 290 g/mol. The number of methoxy groups -OCH3 is 1. The number of rotatable bonds is 3. The predicted octanol–water partition coefficient (Wildman–Crippen LogP) is 5.45. The van der Waals surface area contributed by atoms with Crippen molar-refractivity contribution in [2.45, 2.75) is 19.9 Å². The normalized spacial score (nSPS) is 10.9. The zero-order valence-electron chi connectivity index (χ0n) is 13.0. The Bertz CT molecular complexity index is 852. The molecule has 0 fully saturated rings. The summed E-state index contributed by atoms with van der Waals surface area (Å²) in [7, 11) is 1.67. The van der Waals surface area contributed by atoms with Crippen molar-refractivity contribution in [1.29, 1.82) is 0 Å². The Morgan fingerprint density at radius 2 is 1.77 bits per heavy atom. The van der Waals surface area contributed by atoms with Crippen molar-refractivity contribution in [3.05, 3.63) is 59.9 Å². The van der Waals surface area contributed by atoms with E-state index in [4.69, 9.17) is 11.3 Å². The molecule has 0 unspecified atom stereocenters. The van der Waals surface area contributed by atoms with Gasteiger partial charge in [-0.15, -0.1) is 0 Å². The fourth-order valence-electron chi connectivity index (χ4n) is 2.83. The molecule has 0 spiro atoms. The van der Waals surface area contributed by atoms with Gasteiger partial charge in [0.2, 0.25) is 0 Å². The van der Waals surface area contributed by atoms with E-state index in [1.165, 1.54) is 0 Å². The second-order valence-corrected chi connectivity index (χ2v) is 5.58. The summed E-state index contributed by atoms with van der Waals surface area (Å²) in [6, 6.07) is 16.5. The van der Waals surface area contributed by atoms with Crippen LogP contribution in [-0.4, -0.2) is 11.7 Å². The molecule has 3 aromatic rings. The minimum absolute atomic E-state index is 0.341. The van der Waals surface area contributed by atoms with Crippen LogP contribution in [0.15, 0.2) is 48.5 Å². The second-order valence-electron chi connectivity index (χ2n) is 5.58. The Morgan fingerprint density at radius 3 is 2.36 bits per heavy atom. The summed E-state index contributed by atoms with van der Waals surface area (Å²) in [6.07, 6.45) is 0. The van der Waals surface area contributed by atoms with Gasteiger partial charge in [0.15, 0.2) is 5.69 Å². The first-order valence-corrected chi connectivity index (χ1v) is 7.31. The molecule has 0 aliphatic rings. The summed E-state index contributed by atoms with van der Waals surface area (Å²) in [6.45, 7) is 11.5. The number of hydrogen-bond acceptors (Lipinski definition) is 1. The quantitative estimate of drug-likeness (QED) is 0.587. The van der Waals surface area contributed by atoms with Gasteiger partial charge < -0.3 is 9.30 Å². The average Bonchev–Trinajstić information content (AvgIpc) is 2.93. The molecule has 3 nitrogen and oxygen atoms in total. The summed E-state index contributed by atoms with van der Waals surface area (Å²) in [5, 5.41) is 1.10. The largest absolute Gasteiger partial charge is 0.497 e. The highest BCUT2D eigenvalue weighted by Crippen LogP contribution is 2.34. The van der Waals surface area contributed by atoms with E-state index in [1.54, 1.807) is 7.11 Å². The fourth-order valence-corrected chi connectivity index (χ4v) is 2.83. The summed E-state index contributed by atoms with van der Waals surface area (Å²) >= 11 is 0. The van der Waals surface area contributed by atoms with Crippen LogP contribution in [0.2, 0.25) is 0 Å². The summed E-state index contributed by atoms with van der Waals surface area (Å²) < 4.78 is 7.54. The Balaban J connectivity index is 2.23. The van der Waals surface area contributed by atoms with Crippen LogP contribution in [-0.2, 0) is 0 Å². The molecule has 22 heavy (non-hydrogen) atoms. The van der Waals surface area contributed by atoms with Crippen molar-refractivity contribution < 1.29 is 4.74 Å². The lowest BCUT2D eigenvalue weighted by molar-refractivity contribution is 0.415. The molecule has 0 saturated heterocycles. The molecule has 0 radical (unpaired) electrons. The van der Waals surface area contributed by atoms with E-state index in [2.05, 4.69) is 41.5 Å². The van der Waals surface area contributed by atoms with Gasteiger partial charge >= 0.3 is 0 Å². The molecular formula is C19H18N2O. The van der Waals surface area contributed by atoms with Gasteiger partial charge in [0.25, 0.3) is 0 Å². The van der Waals surface area contributed by atoms with Crippen molar-refractivity contribution in [3.8, 4) is 17.0 Å². The lowest BCUT2D eigenvalue weighted by Gasteiger charge is -2.15. The highest BCUT2D eigenvalue weighted by molar-refractivity contribution is 5.89. The molecule has 2 aromatic carbocycles. The summed E-state index contributed by atoms with van der Waals surface area (Å²) in [5.41, 5.74) is 4.15. The molecule has 110 valence electrons. The van der Waals surface area contributed by atoms with Crippen molar-refractivity contribution in [3.63, 3.8) is 0 Å². The Labute approximate surface area is 130 Å². The third kappa shape index (κ3) is 2.33. The summed E-state index contributed by atoms with van der Waals surface area (Å²) in [5.74, 6) is 0.853. The molecule has 1 aromatic heterocycles. The third-order valence-corrected chi connectivity index (χ3v) is 3.85. The van der Waals surface area contributed by atoms with Crippen molar-refractivity contribution in [1.82, 2.24) is 4.57 Å². The van der Waals surface area contributed by atoms with Crippen LogP contribution in [0.25, 0.3) is 27.0 Å². The molecule has 3 rings (SSSR count). The van der Waals surface area contributed by atoms with Crippen molar-refractivity contribution >= 4 is 16.6 Å². The molecule has 3 heteroatoms. The van der Waals surface area contributed by atoms with Gasteiger partial charge in [0.05, 0.1) is 13.7 Å². The first-order chi connectivity index (χ1) is 10.6. The number of benzene rings is 2. The van der Waals surface area contributed by atoms with E-state index in [-0.39, 0.29) is 0 Å². The van der Waals surface area contributed by atoms with Gasteiger partial charge in [-0.2, -0.15) is 0 Å². The van der Waals surface area contributed by atoms with Gasteiger partial charge in [-0.3, -0.25) is 0 Å². The van der Waals surface area contributed by atoms with Crippen molar-refractivity contribution in [2.24, 2.45) is 0 Å². The lowest BCUT2D eigenvalue weighted by atomic mass is 10.1. The third-order valence-electron chi connectivity index (χ3n) is 3.85. The molecule has 0 aliphatic carbocycles. The SMILES string of the molecule is [C-]#[N+]c1ccc2c(c1)cc(-c1ccc(OC)cc1)n2C(C)C. The predicted molar refractivity (Wildman–Crippen MR) is 90.6 cm³/mol. The first-order valence-electron chi connectivity index (χ1n) is 7.31. The second kappa shape index (κ2) is 5.57. The van der Waals surface area contributed by atoms with Crippen LogP contribution in [0.4, 0.5) is 5.69 Å². The highest BCUT2D eigenvalue weighted by Gasteiger charge is 2.13. The number of hydrogen-bond donors (Lipinski definition) is 0. The number of fused-ring (bicyclic) bond motifs is 1. The monoisotopic (exact) mass is 290 g/mol. The van der Waals surface area contributed by atoms with Gasteiger partial charge in [-0.05, 0) is 67.3 Å². The van der Waals surface area contributed by atoms with E-state index in [0.717, 1.165) is 27.9 Å². The molecule has 0 atom stereocenters. The van der Waals surface area contributed by atoms with Crippen LogP contribution in [0.1, 0.15) is 19.9 Å². The van der Waals surface area contributed by atoms with Gasteiger partial charge in [-0.1, -0.05) is 6.07 Å². The maximum atomic E-state index is 7.18. The van der Waals surface area contributed by atoms with Crippen LogP contribution >= 0.6 is 0 Å². The molecule has 1 heterocycles. The van der Waals surface area contributed by atoms with E-state index in [1.807, 2.05) is 30.3 Å². The van der Waals surface area contributed by atoms with Gasteiger partial charge in [0.1, 0.15) is 5.75 Å². The maximum absolute atomic E-state index is 7.18. The Morgan fingerprint density at radius 1 is 1.05 bits per heavy atom. The van der Waals surface area contributed by atoms with Crippen molar-refractivity contribution in [2.75, 3.05) is 7.11 Å². The number of aromatic nitrogens is 1. The molecule has 0 aliphatic heterocycles. The zero-order valence-corrected chi connectivity index (χ0v) is 13.0. The number of ether oxygens (including phenoxy) is 1. The number of nitrogens with zero attached hydrogens (tertiary/aromatic N) is 2.